The van der Waals surface area contributed by atoms with Crippen LogP contribution in [-0.2, 0) is 6.42 Å². The summed E-state index contributed by atoms with van der Waals surface area (Å²) in [6, 6.07) is 7.64. The number of hydrogen-bond acceptors (Lipinski definition) is 4. The van der Waals surface area contributed by atoms with Crippen LogP contribution in [0.5, 0.6) is 5.75 Å². The van der Waals surface area contributed by atoms with Crippen LogP contribution in [0, 0.1) is 23.7 Å². The Morgan fingerprint density at radius 3 is 2.56 bits per heavy atom. The average molecular weight is 468 g/mol. The smallest absolute Gasteiger partial charge is 0.126 e. The molecule has 0 bridgehead atoms. The SMILES string of the molecule is CC#CC[C@@H](C)[C@H](O)C=C[C@@H]1[C@H]2c3cccc(CCCCN(C(C)C)C(C)C)c3O[C@H]2C[C@H]1O. The van der Waals surface area contributed by atoms with Crippen LogP contribution in [-0.4, -0.2) is 52.1 Å². The van der Waals surface area contributed by atoms with E-state index in [1.54, 1.807) is 0 Å². The van der Waals surface area contributed by atoms with Gasteiger partial charge in [-0.3, -0.25) is 4.90 Å². The highest BCUT2D eigenvalue weighted by molar-refractivity contribution is 5.49. The van der Waals surface area contributed by atoms with Crippen LogP contribution < -0.4 is 4.74 Å². The molecule has 0 radical (unpaired) electrons. The Morgan fingerprint density at radius 2 is 1.88 bits per heavy atom. The molecule has 1 fully saturated rings. The van der Waals surface area contributed by atoms with E-state index in [1.807, 2.05) is 26.0 Å². The van der Waals surface area contributed by atoms with Crippen molar-refractivity contribution >= 4 is 0 Å². The first-order valence-corrected chi connectivity index (χ1v) is 13.2. The summed E-state index contributed by atoms with van der Waals surface area (Å²) in [5.74, 6) is 7.16. The van der Waals surface area contributed by atoms with E-state index in [-0.39, 0.29) is 23.9 Å². The number of fused-ring (bicyclic) bond motifs is 3. The highest BCUT2D eigenvalue weighted by Gasteiger charge is 2.48. The number of aryl methyl sites for hydroxylation is 1. The second-order valence-corrected chi connectivity index (χ2v) is 10.8. The van der Waals surface area contributed by atoms with E-state index >= 15 is 0 Å². The van der Waals surface area contributed by atoms with Gasteiger partial charge in [0, 0.05) is 42.3 Å². The second kappa shape index (κ2) is 12.2. The van der Waals surface area contributed by atoms with Crippen molar-refractivity contribution in [3.05, 3.63) is 41.5 Å². The lowest BCUT2D eigenvalue weighted by atomic mass is 9.86. The molecule has 1 aromatic rings. The molecule has 34 heavy (non-hydrogen) atoms. The van der Waals surface area contributed by atoms with Crippen LogP contribution in [0.25, 0.3) is 0 Å². The second-order valence-electron chi connectivity index (χ2n) is 10.8. The van der Waals surface area contributed by atoms with Gasteiger partial charge in [-0.1, -0.05) is 37.3 Å². The van der Waals surface area contributed by atoms with E-state index in [1.165, 1.54) is 17.5 Å². The Labute approximate surface area is 207 Å². The standard InChI is InChI=1S/C30H45NO3/c1-7-8-12-22(6)26(32)17-16-24-27(33)19-28-29(24)25-15-11-14-23(30(25)34-28)13-9-10-18-31(20(2)3)21(4)5/h11,14-17,20-22,24,26-29,32-33H,9-10,12-13,18-19H2,1-6H3/t22-,24+,26-,27-,28+,29+/m1/s1. The van der Waals surface area contributed by atoms with Crippen LogP contribution in [0.4, 0.5) is 0 Å². The molecule has 0 aromatic heterocycles. The van der Waals surface area contributed by atoms with Crippen molar-refractivity contribution in [1.29, 1.82) is 0 Å². The minimum Gasteiger partial charge on any atom is -0.489 e. The fourth-order valence-corrected chi connectivity index (χ4v) is 5.70. The Bertz CT molecular complexity index is 873. The van der Waals surface area contributed by atoms with Gasteiger partial charge in [0.2, 0.25) is 0 Å². The predicted octanol–water partition coefficient (Wildman–Crippen LogP) is 5.32. The Balaban J connectivity index is 1.66. The molecule has 0 spiro atoms. The van der Waals surface area contributed by atoms with Gasteiger partial charge >= 0.3 is 0 Å². The lowest BCUT2D eigenvalue weighted by Gasteiger charge is -2.30. The molecule has 0 saturated heterocycles. The summed E-state index contributed by atoms with van der Waals surface area (Å²) >= 11 is 0. The Morgan fingerprint density at radius 1 is 1.15 bits per heavy atom. The van der Waals surface area contributed by atoms with Crippen molar-refractivity contribution in [1.82, 2.24) is 4.90 Å². The zero-order valence-corrected chi connectivity index (χ0v) is 22.0. The van der Waals surface area contributed by atoms with Crippen molar-refractivity contribution in [2.75, 3.05) is 6.54 Å². The molecule has 3 rings (SSSR count). The molecule has 1 aliphatic carbocycles. The van der Waals surface area contributed by atoms with Gasteiger partial charge in [0.05, 0.1) is 12.2 Å². The summed E-state index contributed by atoms with van der Waals surface area (Å²) in [5, 5.41) is 21.3. The summed E-state index contributed by atoms with van der Waals surface area (Å²) in [4.78, 5) is 2.55. The van der Waals surface area contributed by atoms with E-state index in [2.05, 4.69) is 62.6 Å². The molecule has 1 heterocycles. The van der Waals surface area contributed by atoms with Crippen molar-refractivity contribution in [3.8, 4) is 17.6 Å². The molecule has 4 nitrogen and oxygen atoms in total. The van der Waals surface area contributed by atoms with E-state index in [9.17, 15) is 10.2 Å². The number of rotatable bonds is 11. The van der Waals surface area contributed by atoms with E-state index in [0.717, 1.165) is 25.1 Å². The van der Waals surface area contributed by atoms with Crippen molar-refractivity contribution in [3.63, 3.8) is 0 Å². The average Bonchev–Trinajstić information content (AvgIpc) is 3.30. The van der Waals surface area contributed by atoms with Gasteiger partial charge in [0.25, 0.3) is 0 Å². The van der Waals surface area contributed by atoms with Crippen LogP contribution >= 0.6 is 0 Å². The lowest BCUT2D eigenvalue weighted by molar-refractivity contribution is 0.134. The van der Waals surface area contributed by atoms with Crippen molar-refractivity contribution in [2.24, 2.45) is 11.8 Å². The zero-order valence-electron chi connectivity index (χ0n) is 22.0. The predicted molar refractivity (Wildman–Crippen MR) is 140 cm³/mol. The number of aliphatic hydroxyl groups is 2. The van der Waals surface area contributed by atoms with Crippen LogP contribution in [0.1, 0.15) is 84.3 Å². The topological polar surface area (TPSA) is 52.9 Å². The van der Waals surface area contributed by atoms with E-state index in [4.69, 9.17) is 4.74 Å². The van der Waals surface area contributed by atoms with Gasteiger partial charge in [-0.05, 0) is 71.9 Å². The van der Waals surface area contributed by atoms with E-state index < -0.39 is 12.2 Å². The van der Waals surface area contributed by atoms with Crippen molar-refractivity contribution in [2.45, 2.75) is 110 Å². The molecule has 1 aromatic carbocycles. The Hall–Kier alpha value is -1.80. The van der Waals surface area contributed by atoms with Crippen LogP contribution in [0.15, 0.2) is 30.4 Å². The molecular weight excluding hydrogens is 422 g/mol. The number of nitrogens with zero attached hydrogens (tertiary/aromatic N) is 1. The third kappa shape index (κ3) is 6.25. The first-order chi connectivity index (χ1) is 16.2. The summed E-state index contributed by atoms with van der Waals surface area (Å²) in [6.45, 7) is 14.0. The summed E-state index contributed by atoms with van der Waals surface area (Å²) in [6.07, 6.45) is 7.53. The molecular formula is C30H45NO3. The number of unbranched alkanes of at least 4 members (excludes halogenated alkanes) is 1. The third-order valence-corrected chi connectivity index (χ3v) is 7.64. The third-order valence-electron chi connectivity index (χ3n) is 7.64. The normalized spacial score (nSPS) is 25.4. The molecule has 2 N–H and O–H groups in total. The molecule has 1 aliphatic heterocycles. The molecule has 2 aliphatic rings. The first kappa shape index (κ1) is 26.8. The Kier molecular flexibility index (Phi) is 9.65. The highest BCUT2D eigenvalue weighted by Crippen LogP contribution is 2.52. The number of para-hydroxylation sites is 1. The minimum absolute atomic E-state index is 0.0127. The maximum Gasteiger partial charge on any atom is 0.126 e. The molecule has 4 heteroatoms. The number of benzene rings is 1. The molecule has 1 saturated carbocycles. The van der Waals surface area contributed by atoms with E-state index in [0.29, 0.717) is 24.9 Å². The van der Waals surface area contributed by atoms with Gasteiger partial charge in [-0.15, -0.1) is 11.8 Å². The molecule has 0 amide bonds. The van der Waals surface area contributed by atoms with Crippen LogP contribution in [0.2, 0.25) is 0 Å². The molecule has 6 atom stereocenters. The van der Waals surface area contributed by atoms with Crippen molar-refractivity contribution < 1.29 is 14.9 Å². The van der Waals surface area contributed by atoms with Gasteiger partial charge in [-0.2, -0.15) is 0 Å². The number of ether oxygens (including phenoxy) is 1. The fraction of sp³-hybridized carbons (Fsp3) is 0.667. The first-order valence-electron chi connectivity index (χ1n) is 13.2. The lowest BCUT2D eigenvalue weighted by Crippen LogP contribution is -2.37. The summed E-state index contributed by atoms with van der Waals surface area (Å²) in [5.41, 5.74) is 2.51. The largest absolute Gasteiger partial charge is 0.489 e. The number of aliphatic hydroxyl groups excluding tert-OH is 2. The maximum atomic E-state index is 10.8. The van der Waals surface area contributed by atoms with Gasteiger partial charge in [-0.25, -0.2) is 0 Å². The monoisotopic (exact) mass is 467 g/mol. The molecule has 0 unspecified atom stereocenters. The fourth-order valence-electron chi connectivity index (χ4n) is 5.70. The minimum atomic E-state index is -0.559. The summed E-state index contributed by atoms with van der Waals surface area (Å²) < 4.78 is 6.44. The number of hydrogen-bond donors (Lipinski definition) is 2. The quantitative estimate of drug-likeness (QED) is 0.263. The highest BCUT2D eigenvalue weighted by atomic mass is 16.5. The molecule has 188 valence electrons. The maximum absolute atomic E-state index is 10.8. The van der Waals surface area contributed by atoms with Crippen LogP contribution in [0.3, 0.4) is 0 Å². The van der Waals surface area contributed by atoms with Gasteiger partial charge < -0.3 is 14.9 Å². The zero-order chi connectivity index (χ0) is 24.8. The summed E-state index contributed by atoms with van der Waals surface area (Å²) in [7, 11) is 0. The van der Waals surface area contributed by atoms with Gasteiger partial charge in [0.1, 0.15) is 11.9 Å². The van der Waals surface area contributed by atoms with Gasteiger partial charge in [0.15, 0.2) is 0 Å².